The van der Waals surface area contributed by atoms with Crippen molar-refractivity contribution in [2.75, 3.05) is 6.54 Å². The molecule has 1 saturated heterocycles. The largest absolute Gasteiger partial charge is 0.424 e. The van der Waals surface area contributed by atoms with E-state index in [0.717, 1.165) is 35.1 Å². The number of hydrogen-bond acceptors (Lipinski definition) is 8. The fraction of sp³-hybridized carbons (Fsp3) is 0.419. The van der Waals surface area contributed by atoms with Gasteiger partial charge in [-0.2, -0.15) is 5.26 Å². The predicted molar refractivity (Wildman–Crippen MR) is 151 cm³/mol. The highest BCUT2D eigenvalue weighted by Gasteiger charge is 2.54. The smallest absolute Gasteiger partial charge is 0.248 e. The molecule has 42 heavy (non-hydrogen) atoms. The molecular formula is C31H33N7O4. The van der Waals surface area contributed by atoms with E-state index in [-0.39, 0.29) is 30.6 Å². The standard InChI is InChI=1S/C31H33N7O4/c1-16(35-15-27(39)38-23(14-32)11-22-12-26(22)38)13-31(30-37-36-17(2)42-30)24-7-5-20(28(33)40)9-18(24)3-4-19-10-21(29(34)41)6-8-25(19)31/h5-10,16,22-23,26,35H,3-4,11-13,15H2,1-2H3,(H2,33,40)(H2,34,41)/t16-,22-,23+,26+/m1/s1. The van der Waals surface area contributed by atoms with Crippen LogP contribution in [0.3, 0.4) is 0 Å². The minimum Gasteiger partial charge on any atom is -0.424 e. The summed E-state index contributed by atoms with van der Waals surface area (Å²) in [6.07, 6.45) is 3.28. The lowest BCUT2D eigenvalue weighted by Crippen LogP contribution is -2.46. The third-order valence-electron chi connectivity index (χ3n) is 9.01. The van der Waals surface area contributed by atoms with Crippen molar-refractivity contribution in [1.29, 1.82) is 5.26 Å². The van der Waals surface area contributed by atoms with E-state index in [0.29, 0.717) is 48.1 Å². The summed E-state index contributed by atoms with van der Waals surface area (Å²) < 4.78 is 6.16. The van der Waals surface area contributed by atoms with Crippen molar-refractivity contribution in [3.05, 3.63) is 81.6 Å². The number of fused-ring (bicyclic) bond motifs is 3. The van der Waals surface area contributed by atoms with Crippen LogP contribution in [0.25, 0.3) is 0 Å². The summed E-state index contributed by atoms with van der Waals surface area (Å²) in [5, 5.41) is 21.6. The molecule has 2 aromatic carbocycles. The van der Waals surface area contributed by atoms with Gasteiger partial charge in [0.1, 0.15) is 11.5 Å². The number of rotatable bonds is 8. The van der Waals surface area contributed by atoms with E-state index in [1.165, 1.54) is 0 Å². The second-order valence-corrected chi connectivity index (χ2v) is 11.7. The summed E-state index contributed by atoms with van der Waals surface area (Å²) in [5.41, 5.74) is 14.6. The fourth-order valence-corrected chi connectivity index (χ4v) is 6.98. The highest BCUT2D eigenvalue weighted by atomic mass is 16.4. The Labute approximate surface area is 243 Å². The zero-order chi connectivity index (χ0) is 29.8. The quantitative estimate of drug-likeness (QED) is 0.369. The van der Waals surface area contributed by atoms with E-state index in [9.17, 15) is 19.6 Å². The molecule has 3 aromatic rings. The van der Waals surface area contributed by atoms with Gasteiger partial charge in [-0.05, 0) is 91.5 Å². The van der Waals surface area contributed by atoms with E-state index in [2.05, 4.69) is 21.6 Å². The number of aromatic nitrogens is 2. The van der Waals surface area contributed by atoms with Crippen LogP contribution >= 0.6 is 0 Å². The highest BCUT2D eigenvalue weighted by Crippen LogP contribution is 2.49. The van der Waals surface area contributed by atoms with Crippen molar-refractivity contribution < 1.29 is 18.8 Å². The summed E-state index contributed by atoms with van der Waals surface area (Å²) >= 11 is 0. The Bertz CT molecular complexity index is 1570. The lowest BCUT2D eigenvalue weighted by atomic mass is 9.68. The molecular weight excluding hydrogens is 534 g/mol. The number of aryl methyl sites for hydroxylation is 3. The molecule has 3 aliphatic rings. The third-order valence-corrected chi connectivity index (χ3v) is 9.01. The molecule has 216 valence electrons. The number of hydrogen-bond donors (Lipinski definition) is 3. The zero-order valence-corrected chi connectivity index (χ0v) is 23.6. The molecule has 4 atom stereocenters. The molecule has 1 aromatic heterocycles. The SMILES string of the molecule is Cc1nnc(C2(C[C@@H](C)NCC(=O)N3[C@H](C#N)C[C@@H]4C[C@@H]43)c3ccc(C(N)=O)cc3CCc3cc(C(N)=O)ccc32)o1. The summed E-state index contributed by atoms with van der Waals surface area (Å²) in [4.78, 5) is 39.2. The molecule has 0 spiro atoms. The van der Waals surface area contributed by atoms with Crippen molar-refractivity contribution >= 4 is 17.7 Å². The second-order valence-electron chi connectivity index (χ2n) is 11.7. The predicted octanol–water partition coefficient (Wildman–Crippen LogP) is 1.89. The second kappa shape index (κ2) is 10.4. The number of benzene rings is 2. The lowest BCUT2D eigenvalue weighted by Gasteiger charge is -2.36. The van der Waals surface area contributed by atoms with Gasteiger partial charge in [0.05, 0.1) is 12.6 Å². The molecule has 5 N–H and O–H groups in total. The average Bonchev–Trinajstić information content (AvgIpc) is 3.46. The fourth-order valence-electron chi connectivity index (χ4n) is 6.98. The molecule has 1 aliphatic heterocycles. The van der Waals surface area contributed by atoms with Gasteiger partial charge in [-0.3, -0.25) is 14.4 Å². The maximum Gasteiger partial charge on any atom is 0.248 e. The highest BCUT2D eigenvalue weighted by molar-refractivity contribution is 5.94. The number of amides is 3. The topological polar surface area (TPSA) is 181 Å². The Morgan fingerprint density at radius 2 is 1.69 bits per heavy atom. The summed E-state index contributed by atoms with van der Waals surface area (Å²) in [6.45, 7) is 3.80. The molecule has 0 bridgehead atoms. The Kier molecular flexibility index (Phi) is 6.81. The Hall–Kier alpha value is -4.56. The number of likely N-dealkylation sites (tertiary alicyclic amines) is 1. The number of nitrogens with two attached hydrogens (primary N) is 2. The first-order valence-electron chi connectivity index (χ1n) is 14.2. The van der Waals surface area contributed by atoms with E-state index in [1.807, 2.05) is 19.1 Å². The number of piperidine rings is 1. The van der Waals surface area contributed by atoms with Gasteiger partial charge in [0.25, 0.3) is 0 Å². The van der Waals surface area contributed by atoms with Gasteiger partial charge in [0.15, 0.2) is 0 Å². The van der Waals surface area contributed by atoms with Gasteiger partial charge < -0.3 is 26.1 Å². The molecule has 1 saturated carbocycles. The van der Waals surface area contributed by atoms with Crippen LogP contribution in [0.1, 0.15) is 80.9 Å². The molecule has 3 amide bonds. The molecule has 6 rings (SSSR count). The third kappa shape index (κ3) is 4.61. The van der Waals surface area contributed by atoms with E-state index >= 15 is 0 Å². The average molecular weight is 568 g/mol. The van der Waals surface area contributed by atoms with Crippen LogP contribution in [-0.2, 0) is 23.1 Å². The Morgan fingerprint density at radius 3 is 2.21 bits per heavy atom. The van der Waals surface area contributed by atoms with Crippen LogP contribution in [-0.4, -0.2) is 57.5 Å². The molecule has 2 aliphatic carbocycles. The van der Waals surface area contributed by atoms with Crippen LogP contribution in [0, 0.1) is 24.2 Å². The minimum absolute atomic E-state index is 0.0834. The molecule has 11 heteroatoms. The number of nitrogens with one attached hydrogen (secondary N) is 1. The van der Waals surface area contributed by atoms with Crippen LogP contribution in [0.5, 0.6) is 0 Å². The van der Waals surface area contributed by atoms with Gasteiger partial charge in [0, 0.05) is 30.1 Å². The minimum atomic E-state index is -0.978. The Morgan fingerprint density at radius 1 is 1.07 bits per heavy atom. The van der Waals surface area contributed by atoms with Crippen LogP contribution in [0.15, 0.2) is 40.8 Å². The van der Waals surface area contributed by atoms with Crippen molar-refractivity contribution in [3.8, 4) is 6.07 Å². The van der Waals surface area contributed by atoms with Gasteiger partial charge in [0.2, 0.25) is 29.5 Å². The number of nitrogens with zero attached hydrogens (tertiary/aromatic N) is 4. The monoisotopic (exact) mass is 567 g/mol. The zero-order valence-electron chi connectivity index (χ0n) is 23.6. The normalized spacial score (nSPS) is 22.2. The molecule has 2 fully saturated rings. The summed E-state index contributed by atoms with van der Waals surface area (Å²) in [7, 11) is 0. The summed E-state index contributed by atoms with van der Waals surface area (Å²) in [5.74, 6) is 0.0609. The first kappa shape index (κ1) is 27.6. The van der Waals surface area contributed by atoms with Crippen LogP contribution < -0.4 is 16.8 Å². The first-order chi connectivity index (χ1) is 20.1. The van der Waals surface area contributed by atoms with Gasteiger partial charge in [-0.25, -0.2) is 0 Å². The Balaban J connectivity index is 1.42. The number of carbonyl (C=O) groups is 3. The van der Waals surface area contributed by atoms with Crippen molar-refractivity contribution in [1.82, 2.24) is 20.4 Å². The maximum atomic E-state index is 13.2. The molecule has 0 radical (unpaired) electrons. The molecule has 11 nitrogen and oxygen atoms in total. The lowest BCUT2D eigenvalue weighted by molar-refractivity contribution is -0.131. The molecule has 2 heterocycles. The molecule has 0 unspecified atom stereocenters. The van der Waals surface area contributed by atoms with E-state index < -0.39 is 17.2 Å². The maximum absolute atomic E-state index is 13.2. The van der Waals surface area contributed by atoms with Crippen LogP contribution in [0.4, 0.5) is 0 Å². The van der Waals surface area contributed by atoms with Crippen molar-refractivity contribution in [2.45, 2.75) is 69.5 Å². The first-order valence-corrected chi connectivity index (χ1v) is 14.2. The van der Waals surface area contributed by atoms with Crippen molar-refractivity contribution in [3.63, 3.8) is 0 Å². The number of nitriles is 1. The summed E-state index contributed by atoms with van der Waals surface area (Å²) in [6, 6.07) is 12.6. The van der Waals surface area contributed by atoms with E-state index in [4.69, 9.17) is 15.9 Å². The number of carbonyl (C=O) groups excluding carboxylic acids is 3. The van der Waals surface area contributed by atoms with Gasteiger partial charge >= 0.3 is 0 Å². The van der Waals surface area contributed by atoms with Crippen LogP contribution in [0.2, 0.25) is 0 Å². The van der Waals surface area contributed by atoms with Gasteiger partial charge in [-0.1, -0.05) is 12.1 Å². The van der Waals surface area contributed by atoms with Crippen molar-refractivity contribution in [2.24, 2.45) is 17.4 Å². The van der Waals surface area contributed by atoms with Gasteiger partial charge in [-0.15, -0.1) is 10.2 Å². The van der Waals surface area contributed by atoms with E-state index in [1.54, 1.807) is 36.1 Å². The number of primary amides is 2.